The Morgan fingerprint density at radius 2 is 2.29 bits per heavy atom. The summed E-state index contributed by atoms with van der Waals surface area (Å²) < 4.78 is 17.9. The lowest BCUT2D eigenvalue weighted by atomic mass is 9.98. The van der Waals surface area contributed by atoms with Crippen molar-refractivity contribution in [3.8, 4) is 6.07 Å². The second kappa shape index (κ2) is 6.29. The molecule has 0 spiro atoms. The fraction of sp³-hybridized carbons (Fsp3) is 0.421. The van der Waals surface area contributed by atoms with Gasteiger partial charge in [0.2, 0.25) is 0 Å². The number of aliphatic hydroxyl groups excluding tert-OH is 1. The largest absolute Gasteiger partial charge is 0.395 e. The zero-order valence-electron chi connectivity index (χ0n) is 15.4. The van der Waals surface area contributed by atoms with Gasteiger partial charge in [0.25, 0.3) is 0 Å². The molecule has 8 nitrogen and oxygen atoms in total. The van der Waals surface area contributed by atoms with Crippen LogP contribution in [0.1, 0.15) is 35.6 Å². The van der Waals surface area contributed by atoms with Gasteiger partial charge >= 0.3 is 0 Å². The fourth-order valence-electron chi connectivity index (χ4n) is 4.37. The van der Waals surface area contributed by atoms with Gasteiger partial charge in [-0.2, -0.15) is 15.5 Å². The summed E-state index contributed by atoms with van der Waals surface area (Å²) in [6.45, 7) is 4.10. The Bertz CT molecular complexity index is 1110. The predicted molar refractivity (Wildman–Crippen MR) is 99.3 cm³/mol. The summed E-state index contributed by atoms with van der Waals surface area (Å²) in [5.74, 6) is -0.439. The molecular formula is C19H20FN7O. The van der Waals surface area contributed by atoms with E-state index < -0.39 is 5.82 Å². The van der Waals surface area contributed by atoms with E-state index in [4.69, 9.17) is 5.10 Å². The number of fused-ring (bicyclic) bond motifs is 4. The van der Waals surface area contributed by atoms with Gasteiger partial charge in [-0.05, 0) is 25.5 Å². The number of rotatable bonds is 2. The second-order valence-corrected chi connectivity index (χ2v) is 7.48. The van der Waals surface area contributed by atoms with Crippen LogP contribution in [0, 0.1) is 17.1 Å². The Kier molecular flexibility index (Phi) is 3.86. The van der Waals surface area contributed by atoms with Crippen LogP contribution in [0.4, 0.5) is 10.1 Å². The first-order valence-electron chi connectivity index (χ1n) is 9.35. The average Bonchev–Trinajstić information content (AvgIpc) is 3.28. The Morgan fingerprint density at radius 3 is 3.07 bits per heavy atom. The van der Waals surface area contributed by atoms with Crippen LogP contribution in [0.15, 0.2) is 18.3 Å². The standard InChI is InChI=1S/C19H20FN7O/c1-11-8-25(17-3-2-13(5-21)27-19(17)15(20)6-23-27)9-18-14-4-12(10-28)22-7-16(14)24-26(11)18/h2-3,6,11-12,22,28H,4,7-10H2,1H3/t11-,12-/m1/s1. The highest BCUT2D eigenvalue weighted by Gasteiger charge is 2.32. The van der Waals surface area contributed by atoms with Crippen molar-refractivity contribution in [3.05, 3.63) is 46.8 Å². The highest BCUT2D eigenvalue weighted by Crippen LogP contribution is 2.34. The van der Waals surface area contributed by atoms with E-state index in [1.165, 1.54) is 10.1 Å². The number of hydrogen-bond acceptors (Lipinski definition) is 6. The number of nitrogens with one attached hydrogen (secondary N) is 1. The third kappa shape index (κ3) is 2.42. The number of hydrogen-bond donors (Lipinski definition) is 2. The van der Waals surface area contributed by atoms with Gasteiger partial charge in [-0.1, -0.05) is 0 Å². The maximum absolute atomic E-state index is 14.5. The quantitative estimate of drug-likeness (QED) is 0.691. The first kappa shape index (κ1) is 17.2. The number of nitrogens with zero attached hydrogens (tertiary/aromatic N) is 6. The van der Waals surface area contributed by atoms with E-state index in [9.17, 15) is 14.8 Å². The zero-order chi connectivity index (χ0) is 19.4. The van der Waals surface area contributed by atoms with E-state index in [1.54, 1.807) is 12.1 Å². The number of anilines is 1. The highest BCUT2D eigenvalue weighted by molar-refractivity contribution is 5.75. The number of aromatic nitrogens is 4. The predicted octanol–water partition coefficient (Wildman–Crippen LogP) is 1.13. The molecule has 9 heteroatoms. The monoisotopic (exact) mass is 381 g/mol. The number of nitriles is 1. The van der Waals surface area contributed by atoms with Crippen LogP contribution in [0.3, 0.4) is 0 Å². The van der Waals surface area contributed by atoms with E-state index >= 15 is 0 Å². The molecule has 5 rings (SSSR count). The Morgan fingerprint density at radius 1 is 1.43 bits per heavy atom. The number of aliphatic hydroxyl groups is 1. The van der Waals surface area contributed by atoms with Crippen molar-refractivity contribution in [3.63, 3.8) is 0 Å². The number of halogens is 1. The molecular weight excluding hydrogens is 361 g/mol. The minimum atomic E-state index is -0.439. The van der Waals surface area contributed by atoms with Gasteiger partial charge < -0.3 is 15.3 Å². The molecule has 2 aliphatic rings. The molecule has 0 radical (unpaired) electrons. The molecule has 5 heterocycles. The van der Waals surface area contributed by atoms with Crippen LogP contribution < -0.4 is 10.2 Å². The lowest BCUT2D eigenvalue weighted by molar-refractivity contribution is 0.235. The first-order chi connectivity index (χ1) is 13.6. The molecule has 3 aromatic rings. The van der Waals surface area contributed by atoms with Crippen LogP contribution in [0.2, 0.25) is 0 Å². The molecule has 0 amide bonds. The minimum Gasteiger partial charge on any atom is -0.395 e. The Hall–Kier alpha value is -2.96. The van der Waals surface area contributed by atoms with Gasteiger partial charge in [-0.15, -0.1) is 0 Å². The van der Waals surface area contributed by atoms with Crippen LogP contribution in [0.25, 0.3) is 5.52 Å². The van der Waals surface area contributed by atoms with Crippen molar-refractivity contribution in [1.82, 2.24) is 24.7 Å². The molecule has 2 aliphatic heterocycles. The van der Waals surface area contributed by atoms with E-state index in [2.05, 4.69) is 33.0 Å². The molecule has 0 aliphatic carbocycles. The van der Waals surface area contributed by atoms with Crippen molar-refractivity contribution in [2.45, 2.75) is 38.5 Å². The topological polar surface area (TPSA) is 94.4 Å². The zero-order valence-corrected chi connectivity index (χ0v) is 15.4. The second-order valence-electron chi connectivity index (χ2n) is 7.48. The smallest absolute Gasteiger partial charge is 0.171 e. The molecule has 0 bridgehead atoms. The highest BCUT2D eigenvalue weighted by atomic mass is 19.1. The third-order valence-corrected chi connectivity index (χ3v) is 5.72. The molecule has 0 aromatic carbocycles. The maximum atomic E-state index is 14.5. The summed E-state index contributed by atoms with van der Waals surface area (Å²) in [6.07, 6.45) is 1.88. The summed E-state index contributed by atoms with van der Waals surface area (Å²) >= 11 is 0. The first-order valence-corrected chi connectivity index (χ1v) is 9.35. The normalized spacial score (nSPS) is 21.4. The van der Waals surface area contributed by atoms with Gasteiger partial charge in [0.1, 0.15) is 17.3 Å². The van der Waals surface area contributed by atoms with Crippen LogP contribution in [0.5, 0.6) is 0 Å². The molecule has 2 atom stereocenters. The van der Waals surface area contributed by atoms with E-state index in [0.29, 0.717) is 30.8 Å². The molecule has 2 N–H and O–H groups in total. The molecule has 144 valence electrons. The van der Waals surface area contributed by atoms with E-state index in [0.717, 1.165) is 29.7 Å². The molecule has 28 heavy (non-hydrogen) atoms. The molecule has 0 saturated heterocycles. The van der Waals surface area contributed by atoms with Crippen LogP contribution in [-0.2, 0) is 19.5 Å². The fourth-order valence-corrected chi connectivity index (χ4v) is 4.37. The summed E-state index contributed by atoms with van der Waals surface area (Å²) in [6, 6.07) is 5.67. The van der Waals surface area contributed by atoms with Gasteiger partial charge in [-0.25, -0.2) is 8.91 Å². The third-order valence-electron chi connectivity index (χ3n) is 5.72. The molecule has 3 aromatic heterocycles. The lowest BCUT2D eigenvalue weighted by Gasteiger charge is -2.35. The number of pyridine rings is 1. The maximum Gasteiger partial charge on any atom is 0.171 e. The van der Waals surface area contributed by atoms with E-state index in [1.807, 2.05) is 0 Å². The van der Waals surface area contributed by atoms with Crippen LogP contribution >= 0.6 is 0 Å². The molecule has 0 unspecified atom stereocenters. The lowest BCUT2D eigenvalue weighted by Crippen LogP contribution is -2.39. The Labute approximate surface area is 160 Å². The summed E-state index contributed by atoms with van der Waals surface area (Å²) in [7, 11) is 0. The van der Waals surface area contributed by atoms with Gasteiger partial charge in [0.05, 0.1) is 42.5 Å². The van der Waals surface area contributed by atoms with Crippen LogP contribution in [-0.4, -0.2) is 43.7 Å². The molecule has 0 fully saturated rings. The average molecular weight is 381 g/mol. The van der Waals surface area contributed by atoms with Gasteiger partial charge in [-0.3, -0.25) is 4.68 Å². The summed E-state index contributed by atoms with van der Waals surface area (Å²) in [5.41, 5.74) is 4.64. The van der Waals surface area contributed by atoms with Gasteiger partial charge in [0.15, 0.2) is 5.82 Å². The summed E-state index contributed by atoms with van der Waals surface area (Å²) in [5, 5.41) is 30.9. The Balaban J connectivity index is 1.59. The molecule has 0 saturated carbocycles. The van der Waals surface area contributed by atoms with Gasteiger partial charge in [0, 0.05) is 24.7 Å². The van der Waals surface area contributed by atoms with Crippen molar-refractivity contribution >= 4 is 11.2 Å². The van der Waals surface area contributed by atoms with Crippen molar-refractivity contribution in [1.29, 1.82) is 5.26 Å². The van der Waals surface area contributed by atoms with Crippen molar-refractivity contribution in [2.24, 2.45) is 0 Å². The van der Waals surface area contributed by atoms with E-state index in [-0.39, 0.29) is 18.7 Å². The minimum absolute atomic E-state index is 0.0287. The van der Waals surface area contributed by atoms with Crippen molar-refractivity contribution in [2.75, 3.05) is 18.1 Å². The SMILES string of the molecule is C[C@@H]1CN(c2ccc(C#N)n3ncc(F)c23)Cc2c3c(nn21)CN[C@@H](CO)C3. The van der Waals surface area contributed by atoms with Crippen molar-refractivity contribution < 1.29 is 9.50 Å². The summed E-state index contributed by atoms with van der Waals surface area (Å²) in [4.78, 5) is 2.12.